The summed E-state index contributed by atoms with van der Waals surface area (Å²) in [6.45, 7) is 4.48. The van der Waals surface area contributed by atoms with Crippen LogP contribution in [0.15, 0.2) is 36.4 Å². The summed E-state index contributed by atoms with van der Waals surface area (Å²) in [7, 11) is 0. The lowest BCUT2D eigenvalue weighted by atomic mass is 10.1. The van der Waals surface area contributed by atoms with Crippen LogP contribution in [-0.2, 0) is 14.4 Å². The van der Waals surface area contributed by atoms with E-state index in [9.17, 15) is 14.4 Å². The lowest BCUT2D eigenvalue weighted by molar-refractivity contribution is -0.175. The zero-order valence-electron chi connectivity index (χ0n) is 17.4. The number of amides is 2. The molecule has 0 spiro atoms. The van der Waals surface area contributed by atoms with Crippen molar-refractivity contribution in [3.05, 3.63) is 36.4 Å². The largest absolute Gasteiger partial charge is 0.539 e. The smallest absolute Gasteiger partial charge is 0.494 e. The van der Waals surface area contributed by atoms with Crippen molar-refractivity contribution < 1.29 is 28.7 Å². The van der Waals surface area contributed by atoms with E-state index < -0.39 is 23.9 Å². The molecule has 0 radical (unpaired) electrons. The van der Waals surface area contributed by atoms with Crippen LogP contribution in [0.3, 0.4) is 0 Å². The molecule has 0 aromatic heterocycles. The Kier molecular flexibility index (Phi) is 7.27. The van der Waals surface area contributed by atoms with Gasteiger partial charge >= 0.3 is 6.16 Å². The maximum absolute atomic E-state index is 12.0. The maximum atomic E-state index is 12.0. The number of ether oxygens (including phenoxy) is 2. The molecule has 3 rings (SSSR count). The summed E-state index contributed by atoms with van der Waals surface area (Å²) in [5, 5.41) is 2.27. The molecule has 1 aliphatic heterocycles. The third-order valence-electron chi connectivity index (χ3n) is 5.00. The molecular formula is C23H27NO6. The quantitative estimate of drug-likeness (QED) is 0.249. The van der Waals surface area contributed by atoms with Crippen molar-refractivity contribution in [2.45, 2.75) is 52.4 Å². The third-order valence-corrected chi connectivity index (χ3v) is 5.00. The van der Waals surface area contributed by atoms with Crippen LogP contribution in [0.1, 0.15) is 52.4 Å². The van der Waals surface area contributed by atoms with Crippen LogP contribution in [0.2, 0.25) is 0 Å². The summed E-state index contributed by atoms with van der Waals surface area (Å²) < 4.78 is 10.9. The number of carbonyl (C=O) groups is 3. The van der Waals surface area contributed by atoms with Gasteiger partial charge in [-0.05, 0) is 41.5 Å². The summed E-state index contributed by atoms with van der Waals surface area (Å²) in [5.41, 5.74) is 0. The molecule has 0 aliphatic carbocycles. The van der Waals surface area contributed by atoms with Crippen molar-refractivity contribution in [2.75, 3.05) is 6.61 Å². The van der Waals surface area contributed by atoms with Crippen molar-refractivity contribution >= 4 is 28.7 Å². The highest BCUT2D eigenvalue weighted by Gasteiger charge is 2.39. The highest BCUT2D eigenvalue weighted by Crippen LogP contribution is 2.26. The second-order valence-corrected chi connectivity index (χ2v) is 7.51. The molecule has 30 heavy (non-hydrogen) atoms. The first kappa shape index (κ1) is 21.6. The predicted octanol–water partition coefficient (Wildman–Crippen LogP) is 5.01. The molecule has 2 aromatic carbocycles. The van der Waals surface area contributed by atoms with Gasteiger partial charge in [0.15, 0.2) is 0 Å². The summed E-state index contributed by atoms with van der Waals surface area (Å²) in [6, 6.07) is 10.8. The Morgan fingerprint density at radius 2 is 1.67 bits per heavy atom. The number of rotatable bonds is 9. The zero-order valence-corrected chi connectivity index (χ0v) is 17.4. The summed E-state index contributed by atoms with van der Waals surface area (Å²) in [5.74, 6) is -0.552. The number of benzene rings is 2. The molecule has 160 valence electrons. The number of hydrogen-bond acceptors (Lipinski definition) is 6. The first-order chi connectivity index (χ1) is 14.5. The minimum absolute atomic E-state index is 0.0191. The molecule has 1 heterocycles. The van der Waals surface area contributed by atoms with E-state index in [0.29, 0.717) is 11.7 Å². The second kappa shape index (κ2) is 10.1. The molecule has 2 aromatic rings. The van der Waals surface area contributed by atoms with E-state index in [4.69, 9.17) is 14.3 Å². The lowest BCUT2D eigenvalue weighted by Gasteiger charge is -2.13. The summed E-state index contributed by atoms with van der Waals surface area (Å²) >= 11 is 0. The van der Waals surface area contributed by atoms with Gasteiger partial charge in [0.25, 0.3) is 11.8 Å². The highest BCUT2D eigenvalue weighted by atomic mass is 16.8. The molecule has 1 atom stereocenters. The van der Waals surface area contributed by atoms with Gasteiger partial charge in [-0.1, -0.05) is 56.7 Å². The minimum Gasteiger partial charge on any atom is -0.494 e. The molecule has 0 saturated carbocycles. The van der Waals surface area contributed by atoms with Gasteiger partial charge in [-0.2, -0.15) is 0 Å². The summed E-state index contributed by atoms with van der Waals surface area (Å²) in [6.07, 6.45) is 4.82. The number of unbranched alkanes of at least 4 members (excludes halogenated alkanes) is 4. The van der Waals surface area contributed by atoms with Crippen molar-refractivity contribution in [1.82, 2.24) is 5.06 Å². The number of hydrogen-bond donors (Lipinski definition) is 0. The van der Waals surface area contributed by atoms with E-state index in [-0.39, 0.29) is 12.2 Å². The average Bonchev–Trinajstić information content (AvgIpc) is 2.96. The second-order valence-electron chi connectivity index (χ2n) is 7.51. The Balaban J connectivity index is 1.54. The molecule has 0 N–H and O–H groups in total. The minimum atomic E-state index is -1.13. The number of fused-ring (bicyclic) bond motifs is 1. The van der Waals surface area contributed by atoms with E-state index in [1.54, 1.807) is 25.1 Å². The van der Waals surface area contributed by atoms with Crippen LogP contribution in [0.25, 0.3) is 10.8 Å². The van der Waals surface area contributed by atoms with Crippen molar-refractivity contribution in [3.8, 4) is 11.5 Å². The topological polar surface area (TPSA) is 82.1 Å². The van der Waals surface area contributed by atoms with Crippen LogP contribution in [-0.4, -0.2) is 29.6 Å². The van der Waals surface area contributed by atoms with Gasteiger partial charge in [-0.15, -0.1) is 0 Å². The molecule has 7 nitrogen and oxygen atoms in total. The SMILES string of the molecule is CCCCCCCOc1ccc2cc(OC(=O)ON3C(=O)CC(C)C3=O)ccc2c1. The van der Waals surface area contributed by atoms with Crippen molar-refractivity contribution in [2.24, 2.45) is 5.92 Å². The molecule has 1 aliphatic rings. The number of imide groups is 1. The van der Waals surface area contributed by atoms with Crippen LogP contribution in [0.5, 0.6) is 11.5 Å². The number of nitrogens with zero attached hydrogens (tertiary/aromatic N) is 1. The Bertz CT molecular complexity index is 925. The Morgan fingerprint density at radius 3 is 2.33 bits per heavy atom. The van der Waals surface area contributed by atoms with E-state index in [1.807, 2.05) is 18.2 Å². The van der Waals surface area contributed by atoms with E-state index >= 15 is 0 Å². The Labute approximate surface area is 175 Å². The zero-order chi connectivity index (χ0) is 21.5. The fourth-order valence-electron chi connectivity index (χ4n) is 3.29. The van der Waals surface area contributed by atoms with Gasteiger partial charge in [0.2, 0.25) is 0 Å². The van der Waals surface area contributed by atoms with Gasteiger partial charge in [-0.25, -0.2) is 4.79 Å². The normalized spacial score (nSPS) is 16.2. The fraction of sp³-hybridized carbons (Fsp3) is 0.435. The van der Waals surface area contributed by atoms with Crippen LogP contribution < -0.4 is 9.47 Å². The predicted molar refractivity (Wildman–Crippen MR) is 111 cm³/mol. The summed E-state index contributed by atoms with van der Waals surface area (Å²) in [4.78, 5) is 40.2. The molecule has 1 saturated heterocycles. The van der Waals surface area contributed by atoms with Gasteiger partial charge in [0.05, 0.1) is 6.61 Å². The molecular weight excluding hydrogens is 386 g/mol. The number of carbonyl (C=O) groups excluding carboxylic acids is 3. The van der Waals surface area contributed by atoms with E-state index in [0.717, 1.165) is 22.9 Å². The Hall–Kier alpha value is -3.09. The monoisotopic (exact) mass is 413 g/mol. The molecule has 1 unspecified atom stereocenters. The molecule has 1 fully saturated rings. The highest BCUT2D eigenvalue weighted by molar-refractivity contribution is 6.02. The average molecular weight is 413 g/mol. The lowest BCUT2D eigenvalue weighted by Crippen LogP contribution is -2.34. The molecule has 2 amide bonds. The van der Waals surface area contributed by atoms with Crippen LogP contribution in [0.4, 0.5) is 4.79 Å². The van der Waals surface area contributed by atoms with Gasteiger partial charge in [-0.3, -0.25) is 14.4 Å². The van der Waals surface area contributed by atoms with Gasteiger partial charge < -0.3 is 9.47 Å². The maximum Gasteiger partial charge on any atom is 0.539 e. The first-order valence-electron chi connectivity index (χ1n) is 10.4. The molecule has 0 bridgehead atoms. The standard InChI is InChI=1S/C23H27NO6/c1-3-4-5-6-7-12-28-19-10-8-18-15-20(11-9-17(18)14-19)29-23(27)30-24-21(25)13-16(2)22(24)26/h8-11,14-16H,3-7,12-13H2,1-2H3. The van der Waals surface area contributed by atoms with Gasteiger partial charge in [0.1, 0.15) is 11.5 Å². The third kappa shape index (κ3) is 5.49. The first-order valence-corrected chi connectivity index (χ1v) is 10.4. The Morgan fingerprint density at radius 1 is 1.00 bits per heavy atom. The van der Waals surface area contributed by atoms with Gasteiger partial charge in [0, 0.05) is 12.3 Å². The van der Waals surface area contributed by atoms with E-state index in [1.165, 1.54) is 25.7 Å². The van der Waals surface area contributed by atoms with Crippen molar-refractivity contribution in [3.63, 3.8) is 0 Å². The van der Waals surface area contributed by atoms with E-state index in [2.05, 4.69) is 6.92 Å². The molecule has 7 heteroatoms. The van der Waals surface area contributed by atoms with Crippen LogP contribution in [0, 0.1) is 5.92 Å². The fourth-order valence-corrected chi connectivity index (χ4v) is 3.29. The van der Waals surface area contributed by atoms with Crippen molar-refractivity contribution in [1.29, 1.82) is 0 Å². The number of hydroxylamine groups is 2. The van der Waals surface area contributed by atoms with Crippen LogP contribution >= 0.6 is 0 Å².